The van der Waals surface area contributed by atoms with Gasteiger partial charge in [0.15, 0.2) is 0 Å². The lowest BCUT2D eigenvalue weighted by atomic mass is 10.0. The van der Waals surface area contributed by atoms with Crippen LogP contribution in [-0.4, -0.2) is 11.4 Å². The van der Waals surface area contributed by atoms with E-state index in [0.717, 1.165) is 45.6 Å². The fraction of sp³-hybridized carbons (Fsp3) is 0. The normalized spacial score (nSPS) is 15.5. The number of aliphatic imine (C=N–C) groups is 2. The first-order valence-electron chi connectivity index (χ1n) is 11.2. The largest absolute Gasteiger partial charge is 0.354 e. The first kappa shape index (κ1) is 21.2. The lowest BCUT2D eigenvalue weighted by Gasteiger charge is -2.21. The summed E-state index contributed by atoms with van der Waals surface area (Å²) in [5.74, 6) is 0. The van der Waals surface area contributed by atoms with Crippen molar-refractivity contribution in [2.75, 3.05) is 10.6 Å². The Morgan fingerprint density at radius 2 is 0.706 bits per heavy atom. The van der Waals surface area contributed by atoms with Gasteiger partial charge in [-0.1, -0.05) is 72.8 Å². The summed E-state index contributed by atoms with van der Waals surface area (Å²) in [5.41, 5.74) is 7.14. The van der Waals surface area contributed by atoms with Crippen LogP contribution in [0.5, 0.6) is 0 Å². The summed E-state index contributed by atoms with van der Waals surface area (Å²) < 4.78 is 0. The zero-order valence-electron chi connectivity index (χ0n) is 18.6. The molecule has 0 aliphatic heterocycles. The molecular formula is C30H24N4. The molecule has 164 valence electrons. The highest BCUT2D eigenvalue weighted by molar-refractivity contribution is 6.26. The van der Waals surface area contributed by atoms with Gasteiger partial charge in [0.1, 0.15) is 0 Å². The second-order valence-corrected chi connectivity index (χ2v) is 7.76. The van der Waals surface area contributed by atoms with Crippen molar-refractivity contribution in [2.24, 2.45) is 9.98 Å². The average molecular weight is 441 g/mol. The molecule has 0 heterocycles. The summed E-state index contributed by atoms with van der Waals surface area (Å²) in [4.78, 5) is 9.89. The van der Waals surface area contributed by atoms with Crippen LogP contribution in [0, 0.1) is 0 Å². The third-order valence-corrected chi connectivity index (χ3v) is 5.23. The highest BCUT2D eigenvalue weighted by Gasteiger charge is 2.19. The topological polar surface area (TPSA) is 48.8 Å². The summed E-state index contributed by atoms with van der Waals surface area (Å²) in [6.45, 7) is 0. The van der Waals surface area contributed by atoms with E-state index in [9.17, 15) is 0 Å². The van der Waals surface area contributed by atoms with Crippen molar-refractivity contribution < 1.29 is 0 Å². The molecule has 0 aromatic heterocycles. The van der Waals surface area contributed by atoms with Crippen molar-refractivity contribution >= 4 is 34.2 Å². The monoisotopic (exact) mass is 440 g/mol. The molecule has 0 saturated heterocycles. The molecule has 0 saturated carbocycles. The van der Waals surface area contributed by atoms with E-state index in [1.54, 1.807) is 0 Å². The quantitative estimate of drug-likeness (QED) is 0.304. The van der Waals surface area contributed by atoms with Gasteiger partial charge in [0, 0.05) is 11.4 Å². The molecule has 4 nitrogen and oxygen atoms in total. The Morgan fingerprint density at radius 3 is 1.06 bits per heavy atom. The van der Waals surface area contributed by atoms with Crippen molar-refractivity contribution in [3.63, 3.8) is 0 Å². The van der Waals surface area contributed by atoms with E-state index in [1.165, 1.54) is 0 Å². The van der Waals surface area contributed by atoms with E-state index in [2.05, 4.69) is 10.6 Å². The van der Waals surface area contributed by atoms with Crippen molar-refractivity contribution in [2.45, 2.75) is 0 Å². The number of hydrogen-bond acceptors (Lipinski definition) is 4. The van der Waals surface area contributed by atoms with Gasteiger partial charge in [0.05, 0.1) is 34.2 Å². The SMILES string of the molecule is C1=C(Nc2ccccc2)C(=Nc2ccccc2)C=C(Nc2ccccc2)C1=Nc1ccccc1. The number of allylic oxidation sites excluding steroid dienone is 2. The molecule has 0 spiro atoms. The third-order valence-electron chi connectivity index (χ3n) is 5.23. The molecule has 0 radical (unpaired) electrons. The van der Waals surface area contributed by atoms with Gasteiger partial charge in [-0.25, -0.2) is 9.98 Å². The molecule has 0 amide bonds. The molecule has 1 aliphatic carbocycles. The molecular weight excluding hydrogens is 416 g/mol. The van der Waals surface area contributed by atoms with Crippen LogP contribution in [0.3, 0.4) is 0 Å². The lowest BCUT2D eigenvalue weighted by Crippen LogP contribution is -2.22. The van der Waals surface area contributed by atoms with Gasteiger partial charge in [-0.2, -0.15) is 0 Å². The molecule has 0 bridgehead atoms. The van der Waals surface area contributed by atoms with Gasteiger partial charge in [-0.3, -0.25) is 0 Å². The number of hydrogen-bond donors (Lipinski definition) is 2. The molecule has 2 N–H and O–H groups in total. The molecule has 4 heteroatoms. The summed E-state index contributed by atoms with van der Waals surface area (Å²) in [6.07, 6.45) is 4.10. The number of anilines is 2. The van der Waals surface area contributed by atoms with Crippen LogP contribution in [0.15, 0.2) is 155 Å². The van der Waals surface area contributed by atoms with E-state index in [1.807, 2.05) is 133 Å². The van der Waals surface area contributed by atoms with Crippen LogP contribution >= 0.6 is 0 Å². The smallest absolute Gasteiger partial charge is 0.0894 e. The standard InChI is InChI=1S/C30H24N4/c1-5-13-23(14-6-1)31-27-21-29(33-25-17-9-3-10-18-25)30(34-26-19-11-4-12-20-26)22-28(27)32-24-15-7-2-8-16-24/h1-22,31,34H. The summed E-state index contributed by atoms with van der Waals surface area (Å²) in [7, 11) is 0. The van der Waals surface area contributed by atoms with Crippen molar-refractivity contribution in [3.05, 3.63) is 145 Å². The van der Waals surface area contributed by atoms with Gasteiger partial charge in [-0.15, -0.1) is 0 Å². The van der Waals surface area contributed by atoms with E-state index in [0.29, 0.717) is 0 Å². The summed E-state index contributed by atoms with van der Waals surface area (Å²) >= 11 is 0. The van der Waals surface area contributed by atoms with Gasteiger partial charge >= 0.3 is 0 Å². The Labute approximate surface area is 199 Å². The Bertz CT molecular complexity index is 1250. The second kappa shape index (κ2) is 10.3. The number of rotatable bonds is 6. The number of nitrogens with zero attached hydrogens (tertiary/aromatic N) is 2. The Morgan fingerprint density at radius 1 is 0.382 bits per heavy atom. The van der Waals surface area contributed by atoms with Crippen LogP contribution in [0.25, 0.3) is 0 Å². The molecule has 0 unspecified atom stereocenters. The maximum Gasteiger partial charge on any atom is 0.0894 e. The first-order valence-corrected chi connectivity index (χ1v) is 11.2. The average Bonchev–Trinajstić information content (AvgIpc) is 2.89. The number of para-hydroxylation sites is 4. The maximum absolute atomic E-state index is 4.94. The van der Waals surface area contributed by atoms with Crippen molar-refractivity contribution in [1.29, 1.82) is 0 Å². The van der Waals surface area contributed by atoms with Gasteiger partial charge in [0.2, 0.25) is 0 Å². The Kier molecular flexibility index (Phi) is 6.40. The van der Waals surface area contributed by atoms with Crippen molar-refractivity contribution in [1.82, 2.24) is 0 Å². The minimum Gasteiger partial charge on any atom is -0.354 e. The first-order chi connectivity index (χ1) is 16.8. The van der Waals surface area contributed by atoms with E-state index < -0.39 is 0 Å². The van der Waals surface area contributed by atoms with E-state index >= 15 is 0 Å². The van der Waals surface area contributed by atoms with E-state index in [-0.39, 0.29) is 0 Å². The highest BCUT2D eigenvalue weighted by Crippen LogP contribution is 2.24. The predicted octanol–water partition coefficient (Wildman–Crippen LogP) is 7.54. The van der Waals surface area contributed by atoms with Gasteiger partial charge in [0.25, 0.3) is 0 Å². The molecule has 1 aliphatic rings. The fourth-order valence-electron chi connectivity index (χ4n) is 3.60. The van der Waals surface area contributed by atoms with Crippen LogP contribution in [-0.2, 0) is 0 Å². The van der Waals surface area contributed by atoms with Crippen LogP contribution in [0.1, 0.15) is 0 Å². The zero-order chi connectivity index (χ0) is 23.0. The Balaban J connectivity index is 1.61. The number of benzene rings is 4. The second-order valence-electron chi connectivity index (χ2n) is 7.76. The van der Waals surface area contributed by atoms with Crippen LogP contribution < -0.4 is 10.6 Å². The van der Waals surface area contributed by atoms with Crippen molar-refractivity contribution in [3.8, 4) is 0 Å². The van der Waals surface area contributed by atoms with E-state index in [4.69, 9.17) is 9.98 Å². The summed E-state index contributed by atoms with van der Waals surface area (Å²) in [5, 5.41) is 7.06. The molecule has 34 heavy (non-hydrogen) atoms. The minimum absolute atomic E-state index is 0.820. The molecule has 0 atom stereocenters. The zero-order valence-corrected chi connectivity index (χ0v) is 18.6. The summed E-state index contributed by atoms with van der Waals surface area (Å²) in [6, 6.07) is 40.1. The molecule has 0 fully saturated rings. The Hall–Kier alpha value is -4.70. The van der Waals surface area contributed by atoms with Gasteiger partial charge in [-0.05, 0) is 60.7 Å². The number of nitrogens with one attached hydrogen (secondary N) is 2. The lowest BCUT2D eigenvalue weighted by molar-refractivity contribution is 1.40. The highest BCUT2D eigenvalue weighted by atomic mass is 15.0. The van der Waals surface area contributed by atoms with Crippen LogP contribution in [0.2, 0.25) is 0 Å². The predicted molar refractivity (Wildman–Crippen MR) is 143 cm³/mol. The molecule has 4 aromatic rings. The minimum atomic E-state index is 0.820. The molecule has 5 rings (SSSR count). The van der Waals surface area contributed by atoms with Crippen LogP contribution in [0.4, 0.5) is 22.7 Å². The third kappa shape index (κ3) is 5.37. The molecule has 4 aromatic carbocycles. The fourth-order valence-corrected chi connectivity index (χ4v) is 3.60. The van der Waals surface area contributed by atoms with Gasteiger partial charge < -0.3 is 10.6 Å². The maximum atomic E-state index is 4.94.